The molecule has 0 radical (unpaired) electrons. The fourth-order valence-electron chi connectivity index (χ4n) is 3.00. The fourth-order valence-corrected chi connectivity index (χ4v) is 3.00. The van der Waals surface area contributed by atoms with Crippen LogP contribution in [0.4, 0.5) is 13.2 Å². The van der Waals surface area contributed by atoms with Crippen LogP contribution in [0.3, 0.4) is 0 Å². The molecular weight excluding hydrogens is 353 g/mol. The Kier molecular flexibility index (Phi) is 7.75. The smallest absolute Gasteiger partial charge is 0.355 e. The van der Waals surface area contributed by atoms with Crippen molar-refractivity contribution < 1.29 is 18.0 Å². The Morgan fingerprint density at radius 2 is 1.96 bits per heavy atom. The second kappa shape index (κ2) is 8.90. The molecule has 0 aliphatic carbocycles. The largest absolute Gasteiger partial charge is 0.416 e. The van der Waals surface area contributed by atoms with E-state index in [4.69, 9.17) is 0 Å². The van der Waals surface area contributed by atoms with Crippen LogP contribution in [-0.2, 0) is 16.4 Å². The highest BCUT2D eigenvalue weighted by atomic mass is 35.5. The van der Waals surface area contributed by atoms with Crippen LogP contribution in [0.2, 0.25) is 0 Å². The Bertz CT molecular complexity index is 570. The molecule has 25 heavy (non-hydrogen) atoms. The van der Waals surface area contributed by atoms with Gasteiger partial charge in [0.2, 0.25) is 5.91 Å². The van der Waals surface area contributed by atoms with Gasteiger partial charge in [-0.05, 0) is 63.7 Å². The van der Waals surface area contributed by atoms with Gasteiger partial charge in [-0.2, -0.15) is 13.2 Å². The van der Waals surface area contributed by atoms with Crippen molar-refractivity contribution in [2.75, 3.05) is 19.6 Å². The van der Waals surface area contributed by atoms with Gasteiger partial charge in [0.25, 0.3) is 0 Å². The lowest BCUT2D eigenvalue weighted by molar-refractivity contribution is -0.138. The molecule has 2 rings (SSSR count). The SMILES string of the molecule is CC(C)(C(=O)NCCC1CCCNC1)c1cccc(C(F)(F)F)c1.Cl. The number of carbonyl (C=O) groups is 1. The minimum atomic E-state index is -4.41. The molecule has 1 unspecified atom stereocenters. The zero-order chi connectivity index (χ0) is 17.8. The summed E-state index contributed by atoms with van der Waals surface area (Å²) in [7, 11) is 0. The number of hydrogen-bond donors (Lipinski definition) is 2. The molecule has 7 heteroatoms. The van der Waals surface area contributed by atoms with Crippen LogP contribution in [-0.4, -0.2) is 25.5 Å². The number of rotatable bonds is 5. The van der Waals surface area contributed by atoms with Crippen LogP contribution in [0.25, 0.3) is 0 Å². The summed E-state index contributed by atoms with van der Waals surface area (Å²) >= 11 is 0. The molecular formula is C18H26ClF3N2O. The highest BCUT2D eigenvalue weighted by Crippen LogP contribution is 2.32. The minimum absolute atomic E-state index is 0. The van der Waals surface area contributed by atoms with Crippen LogP contribution in [0.5, 0.6) is 0 Å². The number of piperidine rings is 1. The van der Waals surface area contributed by atoms with Gasteiger partial charge in [-0.3, -0.25) is 4.79 Å². The van der Waals surface area contributed by atoms with Gasteiger partial charge in [0, 0.05) is 6.54 Å². The first-order chi connectivity index (χ1) is 11.2. The van der Waals surface area contributed by atoms with Gasteiger partial charge in [-0.15, -0.1) is 12.4 Å². The standard InChI is InChI=1S/C18H25F3N2O.ClH/c1-17(2,14-6-3-7-15(11-14)18(19,20)21)16(24)23-10-8-13-5-4-9-22-12-13;/h3,6-7,11,13,22H,4-5,8-10,12H2,1-2H3,(H,23,24);1H. The monoisotopic (exact) mass is 378 g/mol. The van der Waals surface area contributed by atoms with Crippen molar-refractivity contribution in [1.29, 1.82) is 0 Å². The van der Waals surface area contributed by atoms with Crippen LogP contribution >= 0.6 is 12.4 Å². The molecule has 0 saturated carbocycles. The first-order valence-corrected chi connectivity index (χ1v) is 8.38. The van der Waals surface area contributed by atoms with E-state index in [1.165, 1.54) is 6.07 Å². The van der Waals surface area contributed by atoms with E-state index in [0.29, 0.717) is 18.0 Å². The zero-order valence-electron chi connectivity index (χ0n) is 14.6. The molecule has 1 aromatic rings. The summed E-state index contributed by atoms with van der Waals surface area (Å²) in [5.74, 6) is 0.307. The first kappa shape index (κ1) is 21.8. The number of benzene rings is 1. The number of amides is 1. The molecule has 1 aromatic carbocycles. The van der Waals surface area contributed by atoms with E-state index in [2.05, 4.69) is 10.6 Å². The second-order valence-corrected chi connectivity index (χ2v) is 6.96. The van der Waals surface area contributed by atoms with Crippen LogP contribution in [0.15, 0.2) is 24.3 Å². The molecule has 2 N–H and O–H groups in total. The summed E-state index contributed by atoms with van der Waals surface area (Å²) < 4.78 is 38.6. The zero-order valence-corrected chi connectivity index (χ0v) is 15.4. The third-order valence-corrected chi connectivity index (χ3v) is 4.72. The van der Waals surface area contributed by atoms with Crippen molar-refractivity contribution in [2.24, 2.45) is 5.92 Å². The lowest BCUT2D eigenvalue weighted by Gasteiger charge is -2.26. The summed E-state index contributed by atoms with van der Waals surface area (Å²) in [6, 6.07) is 5.00. The van der Waals surface area contributed by atoms with Gasteiger partial charge in [0.15, 0.2) is 0 Å². The molecule has 1 aliphatic rings. The number of hydrogen-bond acceptors (Lipinski definition) is 2. The van der Waals surface area contributed by atoms with E-state index in [-0.39, 0.29) is 18.3 Å². The van der Waals surface area contributed by atoms with Crippen LogP contribution in [0.1, 0.15) is 44.2 Å². The van der Waals surface area contributed by atoms with Crippen LogP contribution in [0, 0.1) is 5.92 Å². The highest BCUT2D eigenvalue weighted by molar-refractivity contribution is 5.87. The topological polar surface area (TPSA) is 41.1 Å². The van der Waals surface area contributed by atoms with Crippen LogP contribution < -0.4 is 10.6 Å². The molecule has 1 atom stereocenters. The summed E-state index contributed by atoms with van der Waals surface area (Å²) in [5.41, 5.74) is -1.37. The van der Waals surface area contributed by atoms with Crippen molar-refractivity contribution >= 4 is 18.3 Å². The fraction of sp³-hybridized carbons (Fsp3) is 0.611. The van der Waals surface area contributed by atoms with Crippen molar-refractivity contribution in [3.63, 3.8) is 0 Å². The lowest BCUT2D eigenvalue weighted by atomic mass is 9.82. The molecule has 1 heterocycles. The van der Waals surface area contributed by atoms with E-state index >= 15 is 0 Å². The lowest BCUT2D eigenvalue weighted by Crippen LogP contribution is -2.41. The molecule has 1 saturated heterocycles. The maximum atomic E-state index is 12.9. The number of nitrogens with one attached hydrogen (secondary N) is 2. The summed E-state index contributed by atoms with van der Waals surface area (Å²) in [4.78, 5) is 12.5. The average Bonchev–Trinajstić information content (AvgIpc) is 2.55. The van der Waals surface area contributed by atoms with Gasteiger partial charge in [-0.1, -0.05) is 18.2 Å². The van der Waals surface area contributed by atoms with Crippen molar-refractivity contribution in [1.82, 2.24) is 10.6 Å². The Balaban J connectivity index is 0.00000312. The predicted octanol–water partition coefficient (Wildman–Crippen LogP) is 3.91. The maximum absolute atomic E-state index is 12.9. The molecule has 1 fully saturated rings. The average molecular weight is 379 g/mol. The Labute approximate surface area is 153 Å². The Morgan fingerprint density at radius 3 is 2.56 bits per heavy atom. The maximum Gasteiger partial charge on any atom is 0.416 e. The van der Waals surface area contributed by atoms with E-state index in [9.17, 15) is 18.0 Å². The van der Waals surface area contributed by atoms with Gasteiger partial charge in [-0.25, -0.2) is 0 Å². The molecule has 142 valence electrons. The van der Waals surface area contributed by atoms with Crippen molar-refractivity contribution in [3.8, 4) is 0 Å². The normalized spacial score (nSPS) is 18.4. The molecule has 1 amide bonds. The predicted molar refractivity (Wildman–Crippen MR) is 94.9 cm³/mol. The quantitative estimate of drug-likeness (QED) is 0.815. The Hall–Kier alpha value is -1.27. The Morgan fingerprint density at radius 1 is 1.28 bits per heavy atom. The molecule has 3 nitrogen and oxygen atoms in total. The molecule has 0 spiro atoms. The summed E-state index contributed by atoms with van der Waals surface area (Å²) in [6.45, 7) is 5.87. The summed E-state index contributed by atoms with van der Waals surface area (Å²) in [5, 5.41) is 6.21. The van der Waals surface area contributed by atoms with E-state index in [1.54, 1.807) is 19.9 Å². The molecule has 0 aromatic heterocycles. The van der Waals surface area contributed by atoms with Gasteiger partial charge in [0.1, 0.15) is 0 Å². The van der Waals surface area contributed by atoms with Gasteiger partial charge in [0.05, 0.1) is 11.0 Å². The van der Waals surface area contributed by atoms with Gasteiger partial charge < -0.3 is 10.6 Å². The van der Waals surface area contributed by atoms with Crippen molar-refractivity contribution in [2.45, 2.75) is 44.7 Å². The van der Waals surface area contributed by atoms with E-state index < -0.39 is 17.2 Å². The minimum Gasteiger partial charge on any atom is -0.355 e. The number of carbonyl (C=O) groups excluding carboxylic acids is 1. The molecule has 0 bridgehead atoms. The third kappa shape index (κ3) is 5.89. The highest BCUT2D eigenvalue weighted by Gasteiger charge is 2.34. The van der Waals surface area contributed by atoms with E-state index in [1.807, 2.05) is 0 Å². The van der Waals surface area contributed by atoms with Crippen molar-refractivity contribution in [3.05, 3.63) is 35.4 Å². The van der Waals surface area contributed by atoms with Gasteiger partial charge >= 0.3 is 6.18 Å². The second-order valence-electron chi connectivity index (χ2n) is 6.96. The third-order valence-electron chi connectivity index (χ3n) is 4.72. The summed E-state index contributed by atoms with van der Waals surface area (Å²) in [6.07, 6.45) is -1.22. The number of halogens is 4. The number of alkyl halides is 3. The van der Waals surface area contributed by atoms with E-state index in [0.717, 1.165) is 44.5 Å². The molecule has 1 aliphatic heterocycles. The first-order valence-electron chi connectivity index (χ1n) is 8.38.